The first-order valence-electron chi connectivity index (χ1n) is 11.5. The minimum Gasteiger partial charge on any atom is -0.382 e. The van der Waals surface area contributed by atoms with E-state index in [1.165, 1.54) is 25.7 Å². The van der Waals surface area contributed by atoms with Gasteiger partial charge in [0.25, 0.3) is 5.91 Å². The van der Waals surface area contributed by atoms with E-state index < -0.39 is 0 Å². The number of nitrogens with zero attached hydrogens (tertiary/aromatic N) is 2. The van der Waals surface area contributed by atoms with Gasteiger partial charge in [-0.25, -0.2) is 0 Å². The van der Waals surface area contributed by atoms with Gasteiger partial charge in [-0.3, -0.25) is 9.79 Å². The normalized spacial score (nSPS) is 15.3. The summed E-state index contributed by atoms with van der Waals surface area (Å²) in [5.41, 5.74) is 2.04. The number of aliphatic imine (C=N–C) groups is 1. The number of carbonyl (C=O) groups is 1. The molecule has 1 aliphatic rings. The monoisotopic (exact) mass is 559 g/mol. The van der Waals surface area contributed by atoms with Crippen LogP contribution in [0.1, 0.15) is 54.9 Å². The Morgan fingerprint density at radius 2 is 1.94 bits per heavy atom. The van der Waals surface area contributed by atoms with Crippen molar-refractivity contribution in [3.8, 4) is 0 Å². The highest BCUT2D eigenvalue weighted by atomic mass is 127. The standard InChI is InChI=1S/C24H41N5O2.HI/c1-5-31-16-13-24(11-6-7-12-24)19-28-23(25-2)27-18-20-9-8-10-21(17-20)22(30)26-14-15-29(3)4;/h8-10,17H,5-7,11-16,18-19H2,1-4H3,(H,26,30)(H2,25,27,28);1H. The molecule has 0 radical (unpaired) electrons. The Labute approximate surface area is 211 Å². The molecule has 8 heteroatoms. The summed E-state index contributed by atoms with van der Waals surface area (Å²) in [4.78, 5) is 18.8. The van der Waals surface area contributed by atoms with Crippen molar-refractivity contribution in [2.24, 2.45) is 10.4 Å². The van der Waals surface area contributed by atoms with Crippen LogP contribution in [0.2, 0.25) is 0 Å². The maximum atomic E-state index is 12.4. The molecule has 1 amide bonds. The third-order valence-corrected chi connectivity index (χ3v) is 5.99. The van der Waals surface area contributed by atoms with Gasteiger partial charge in [0.05, 0.1) is 0 Å². The van der Waals surface area contributed by atoms with E-state index in [-0.39, 0.29) is 29.9 Å². The summed E-state index contributed by atoms with van der Waals surface area (Å²) < 4.78 is 5.62. The molecule has 0 spiro atoms. The van der Waals surface area contributed by atoms with E-state index in [1.807, 2.05) is 50.2 Å². The highest BCUT2D eigenvalue weighted by Crippen LogP contribution is 2.40. The average molecular weight is 560 g/mol. The van der Waals surface area contributed by atoms with Gasteiger partial charge in [0, 0.05) is 52.0 Å². The SMILES string of the molecule is CCOCCC1(CNC(=NC)NCc2cccc(C(=O)NCCN(C)C)c2)CCCC1.I. The van der Waals surface area contributed by atoms with Crippen LogP contribution in [0.4, 0.5) is 0 Å². The Hall–Kier alpha value is -1.39. The first-order valence-corrected chi connectivity index (χ1v) is 11.5. The predicted octanol–water partition coefficient (Wildman–Crippen LogP) is 3.25. The maximum Gasteiger partial charge on any atom is 0.251 e. The van der Waals surface area contributed by atoms with Crippen molar-refractivity contribution in [1.29, 1.82) is 0 Å². The molecule has 1 aromatic rings. The lowest BCUT2D eigenvalue weighted by molar-refractivity contribution is 0.0951. The number of nitrogens with one attached hydrogen (secondary N) is 3. The second kappa shape index (κ2) is 15.4. The molecular formula is C24H42IN5O2. The van der Waals surface area contributed by atoms with E-state index in [1.54, 1.807) is 7.05 Å². The first-order chi connectivity index (χ1) is 15.0. The molecule has 7 nitrogen and oxygen atoms in total. The lowest BCUT2D eigenvalue weighted by Gasteiger charge is -2.30. The smallest absolute Gasteiger partial charge is 0.251 e. The zero-order valence-electron chi connectivity index (χ0n) is 20.2. The number of hydrogen-bond acceptors (Lipinski definition) is 4. The van der Waals surface area contributed by atoms with Crippen LogP contribution in [0, 0.1) is 5.41 Å². The predicted molar refractivity (Wildman–Crippen MR) is 143 cm³/mol. The molecule has 182 valence electrons. The summed E-state index contributed by atoms with van der Waals surface area (Å²) in [5.74, 6) is 0.757. The summed E-state index contributed by atoms with van der Waals surface area (Å²) in [7, 11) is 5.78. The van der Waals surface area contributed by atoms with E-state index >= 15 is 0 Å². The second-order valence-corrected chi connectivity index (χ2v) is 8.69. The van der Waals surface area contributed by atoms with Crippen molar-refractivity contribution in [3.63, 3.8) is 0 Å². The fourth-order valence-corrected chi connectivity index (χ4v) is 4.07. The fourth-order valence-electron chi connectivity index (χ4n) is 4.07. The molecule has 1 fully saturated rings. The summed E-state index contributed by atoms with van der Waals surface area (Å²) in [6, 6.07) is 7.74. The van der Waals surface area contributed by atoms with Crippen molar-refractivity contribution in [3.05, 3.63) is 35.4 Å². The molecule has 0 atom stereocenters. The van der Waals surface area contributed by atoms with Crippen LogP contribution < -0.4 is 16.0 Å². The van der Waals surface area contributed by atoms with Crippen LogP contribution in [0.15, 0.2) is 29.3 Å². The number of benzene rings is 1. The van der Waals surface area contributed by atoms with Gasteiger partial charge in [-0.15, -0.1) is 24.0 Å². The molecule has 0 aromatic heterocycles. The van der Waals surface area contributed by atoms with Gasteiger partial charge >= 0.3 is 0 Å². The van der Waals surface area contributed by atoms with Crippen LogP contribution in [-0.2, 0) is 11.3 Å². The number of rotatable bonds is 12. The van der Waals surface area contributed by atoms with Crippen molar-refractivity contribution >= 4 is 35.8 Å². The van der Waals surface area contributed by atoms with E-state index in [9.17, 15) is 4.79 Å². The molecule has 32 heavy (non-hydrogen) atoms. The molecule has 0 heterocycles. The molecule has 0 unspecified atom stereocenters. The number of likely N-dealkylation sites (N-methyl/N-ethyl adjacent to an activating group) is 1. The summed E-state index contributed by atoms with van der Waals surface area (Å²) in [6.45, 7) is 6.64. The number of ether oxygens (including phenoxy) is 1. The number of guanidine groups is 1. The van der Waals surface area contributed by atoms with Crippen LogP contribution >= 0.6 is 24.0 Å². The highest BCUT2D eigenvalue weighted by Gasteiger charge is 2.33. The van der Waals surface area contributed by atoms with Gasteiger partial charge in [-0.2, -0.15) is 0 Å². The maximum absolute atomic E-state index is 12.4. The van der Waals surface area contributed by atoms with Gasteiger partial charge < -0.3 is 25.6 Å². The Kier molecular flexibility index (Phi) is 13.8. The molecule has 1 aliphatic carbocycles. The van der Waals surface area contributed by atoms with Gasteiger partial charge in [0.1, 0.15) is 0 Å². The van der Waals surface area contributed by atoms with Gasteiger partial charge in [0.15, 0.2) is 5.96 Å². The van der Waals surface area contributed by atoms with E-state index in [2.05, 4.69) is 20.9 Å². The number of amides is 1. The third kappa shape index (κ3) is 10.0. The Morgan fingerprint density at radius 1 is 1.19 bits per heavy atom. The molecule has 0 aliphatic heterocycles. The van der Waals surface area contributed by atoms with Gasteiger partial charge in [-0.1, -0.05) is 25.0 Å². The topological polar surface area (TPSA) is 78.0 Å². The molecule has 3 N–H and O–H groups in total. The number of hydrogen-bond donors (Lipinski definition) is 3. The molecule has 0 saturated heterocycles. The van der Waals surface area contributed by atoms with E-state index in [0.29, 0.717) is 24.1 Å². The zero-order valence-corrected chi connectivity index (χ0v) is 22.5. The quantitative estimate of drug-likeness (QED) is 0.159. The largest absolute Gasteiger partial charge is 0.382 e. The van der Waals surface area contributed by atoms with Crippen molar-refractivity contribution in [2.75, 3.05) is 54.0 Å². The number of carbonyl (C=O) groups excluding carboxylic acids is 1. The lowest BCUT2D eigenvalue weighted by Crippen LogP contribution is -2.43. The van der Waals surface area contributed by atoms with Gasteiger partial charge in [-0.05, 0) is 63.4 Å². The van der Waals surface area contributed by atoms with Crippen LogP contribution in [0.5, 0.6) is 0 Å². The Bertz CT molecular complexity index is 705. The molecule has 2 rings (SSSR count). The van der Waals surface area contributed by atoms with Gasteiger partial charge in [0.2, 0.25) is 0 Å². The van der Waals surface area contributed by atoms with E-state index in [4.69, 9.17) is 4.74 Å². The molecular weight excluding hydrogens is 517 g/mol. The number of halogens is 1. The molecule has 1 aromatic carbocycles. The summed E-state index contributed by atoms with van der Waals surface area (Å²) >= 11 is 0. The lowest BCUT2D eigenvalue weighted by atomic mass is 9.83. The molecule has 0 bridgehead atoms. The Balaban J connectivity index is 0.00000512. The van der Waals surface area contributed by atoms with Crippen LogP contribution in [0.25, 0.3) is 0 Å². The third-order valence-electron chi connectivity index (χ3n) is 5.99. The summed E-state index contributed by atoms with van der Waals surface area (Å²) in [6.07, 6.45) is 6.17. The van der Waals surface area contributed by atoms with Crippen molar-refractivity contribution in [2.45, 2.75) is 45.6 Å². The van der Waals surface area contributed by atoms with Crippen molar-refractivity contribution < 1.29 is 9.53 Å². The fraction of sp³-hybridized carbons (Fsp3) is 0.667. The van der Waals surface area contributed by atoms with Crippen LogP contribution in [-0.4, -0.2) is 70.8 Å². The van der Waals surface area contributed by atoms with E-state index in [0.717, 1.165) is 44.2 Å². The minimum atomic E-state index is -0.0383. The average Bonchev–Trinajstić information content (AvgIpc) is 3.23. The minimum absolute atomic E-state index is 0. The first kappa shape index (κ1) is 28.6. The van der Waals surface area contributed by atoms with Crippen LogP contribution in [0.3, 0.4) is 0 Å². The van der Waals surface area contributed by atoms with Crippen molar-refractivity contribution in [1.82, 2.24) is 20.9 Å². The zero-order chi connectivity index (χ0) is 22.5. The highest BCUT2D eigenvalue weighted by molar-refractivity contribution is 14.0. The summed E-state index contributed by atoms with van der Waals surface area (Å²) in [5, 5.41) is 9.88. The second-order valence-electron chi connectivity index (χ2n) is 8.69. The Morgan fingerprint density at radius 3 is 2.59 bits per heavy atom. The molecule has 1 saturated carbocycles.